The molecule has 3 rings (SSSR count). The molecule has 1 atom stereocenters. The van der Waals surface area contributed by atoms with Crippen LogP contribution in [0.2, 0.25) is 0 Å². The van der Waals surface area contributed by atoms with Crippen LogP contribution in [0.4, 0.5) is 14.9 Å². The van der Waals surface area contributed by atoms with Gasteiger partial charge >= 0.3 is 6.09 Å². The van der Waals surface area contributed by atoms with Gasteiger partial charge in [-0.25, -0.2) is 22.3 Å². The van der Waals surface area contributed by atoms with Gasteiger partial charge in [-0.05, 0) is 49.4 Å². The van der Waals surface area contributed by atoms with E-state index < -0.39 is 22.2 Å². The molecule has 156 valence electrons. The first-order chi connectivity index (χ1) is 13.7. The second-order valence-electron chi connectivity index (χ2n) is 6.18. The van der Waals surface area contributed by atoms with Gasteiger partial charge in [-0.15, -0.1) is 0 Å². The van der Waals surface area contributed by atoms with E-state index in [9.17, 15) is 22.4 Å². The first kappa shape index (κ1) is 20.3. The minimum Gasteiger partial charge on any atom is -0.452 e. The number of anilines is 1. The van der Waals surface area contributed by atoms with Crippen LogP contribution in [0, 0.1) is 5.82 Å². The van der Waals surface area contributed by atoms with Crippen molar-refractivity contribution in [3.63, 3.8) is 0 Å². The summed E-state index contributed by atoms with van der Waals surface area (Å²) in [5.41, 5.74) is 0.949. The van der Waals surface area contributed by atoms with Gasteiger partial charge in [0.2, 0.25) is 5.91 Å². The van der Waals surface area contributed by atoms with Crippen LogP contribution in [-0.2, 0) is 19.6 Å². The number of nitrogens with one attached hydrogen (secondary N) is 2. The average Bonchev–Trinajstić information content (AvgIpc) is 3.12. The van der Waals surface area contributed by atoms with E-state index in [1.165, 1.54) is 30.3 Å². The smallest absolute Gasteiger partial charge is 0.420 e. The van der Waals surface area contributed by atoms with Crippen molar-refractivity contribution in [3.8, 4) is 0 Å². The van der Waals surface area contributed by atoms with E-state index in [0.717, 1.165) is 7.11 Å². The van der Waals surface area contributed by atoms with Crippen molar-refractivity contribution in [3.05, 3.63) is 60.5 Å². The lowest BCUT2D eigenvalue weighted by atomic mass is 10.2. The van der Waals surface area contributed by atoms with Gasteiger partial charge in [0.15, 0.2) is 0 Å². The molecule has 0 saturated heterocycles. The normalized spacial score (nSPS) is 12.4. The van der Waals surface area contributed by atoms with Gasteiger partial charge < -0.3 is 14.6 Å². The predicted octanol–water partition coefficient (Wildman–Crippen LogP) is 3.52. The number of hydrogen-bond donors (Lipinski definition) is 2. The highest BCUT2D eigenvalue weighted by molar-refractivity contribution is 7.90. The molecule has 1 unspecified atom stereocenters. The van der Waals surface area contributed by atoms with E-state index in [2.05, 4.69) is 10.1 Å². The van der Waals surface area contributed by atoms with E-state index in [4.69, 9.17) is 0 Å². The molecule has 29 heavy (non-hydrogen) atoms. The third-order valence-corrected chi connectivity index (χ3v) is 5.67. The van der Waals surface area contributed by atoms with E-state index >= 15 is 0 Å². The van der Waals surface area contributed by atoms with Crippen molar-refractivity contribution >= 4 is 38.6 Å². The van der Waals surface area contributed by atoms with Gasteiger partial charge in [-0.1, -0.05) is 6.07 Å². The molecule has 0 radical (unpaired) electrons. The highest BCUT2D eigenvalue weighted by atomic mass is 32.2. The number of methoxy groups -OCH3 is 1. The molecular formula is C19H22FN3O5S. The molecule has 0 spiro atoms. The molecule has 0 aliphatic carbocycles. The molecule has 0 bridgehead atoms. The Hall–Kier alpha value is -3.40. The molecule has 1 aromatic heterocycles. The van der Waals surface area contributed by atoms with Crippen LogP contribution in [0.3, 0.4) is 0 Å². The third-order valence-electron chi connectivity index (χ3n) is 4.34. The molecular weight excluding hydrogens is 401 g/mol. The van der Waals surface area contributed by atoms with E-state index in [-0.39, 0.29) is 19.5 Å². The lowest BCUT2D eigenvalue weighted by Crippen LogP contribution is -2.30. The maximum Gasteiger partial charge on any atom is 0.420 e. The van der Waals surface area contributed by atoms with Crippen LogP contribution in [0.1, 0.15) is 15.8 Å². The summed E-state index contributed by atoms with van der Waals surface area (Å²) >= 11 is 0. The fraction of sp³-hybridized carbons (Fsp3) is 0.158. The molecule has 0 aliphatic heterocycles. The van der Waals surface area contributed by atoms with E-state index in [1.54, 1.807) is 40.6 Å². The highest BCUT2D eigenvalue weighted by Gasteiger charge is 2.20. The second kappa shape index (κ2) is 7.92. The number of benzene rings is 2. The summed E-state index contributed by atoms with van der Waals surface area (Å²) in [6, 6.07) is 10.9. The molecule has 1 heterocycles. The Morgan fingerprint density at radius 3 is 2.48 bits per heavy atom. The Morgan fingerprint density at radius 2 is 1.83 bits per heavy atom. The van der Waals surface area contributed by atoms with Gasteiger partial charge in [0.25, 0.3) is 10.0 Å². The Bertz CT molecular complexity index is 1180. The largest absolute Gasteiger partial charge is 0.452 e. The summed E-state index contributed by atoms with van der Waals surface area (Å²) < 4.78 is 45.5. The van der Waals surface area contributed by atoms with E-state index in [1.807, 2.05) is 0 Å². The number of carbonyl (C=O) groups is 2. The minimum absolute atomic E-state index is 0. The molecule has 0 fully saturated rings. The fourth-order valence-corrected chi connectivity index (χ4v) is 3.70. The van der Waals surface area contributed by atoms with Crippen LogP contribution >= 0.6 is 0 Å². The van der Waals surface area contributed by atoms with Crippen molar-refractivity contribution in [1.29, 1.82) is 0 Å². The zero-order valence-corrected chi connectivity index (χ0v) is 16.4. The Balaban J connectivity index is 0.00000240. The second-order valence-corrected chi connectivity index (χ2v) is 7.86. The molecule has 3 aromatic rings. The van der Waals surface area contributed by atoms with Crippen molar-refractivity contribution in [2.75, 3.05) is 12.4 Å². The Labute approximate surface area is 169 Å². The number of carbonyl (C=O) groups excluding carboxylic acids is 2. The zero-order valence-electron chi connectivity index (χ0n) is 15.5. The summed E-state index contributed by atoms with van der Waals surface area (Å²) in [5, 5.41) is 3.10. The van der Waals surface area contributed by atoms with E-state index in [0.29, 0.717) is 16.6 Å². The van der Waals surface area contributed by atoms with Crippen molar-refractivity contribution in [1.82, 2.24) is 9.29 Å². The number of nitrogens with zero attached hydrogens (tertiary/aromatic N) is 1. The predicted molar refractivity (Wildman–Crippen MR) is 109 cm³/mol. The molecule has 2 aromatic carbocycles. The number of halogens is 1. The van der Waals surface area contributed by atoms with Gasteiger partial charge in [0, 0.05) is 20.1 Å². The molecule has 8 nitrogen and oxygen atoms in total. The monoisotopic (exact) mass is 423 g/mol. The summed E-state index contributed by atoms with van der Waals surface area (Å²) in [4.78, 5) is 23.5. The van der Waals surface area contributed by atoms with Crippen LogP contribution in [0.25, 0.3) is 10.9 Å². The molecule has 10 heteroatoms. The van der Waals surface area contributed by atoms with Gasteiger partial charge in [0.1, 0.15) is 11.9 Å². The SMILES string of the molecule is COC(=O)NS(=O)(=O)c1ccc(NC(=O)C(C)n2ccc3c(F)cccc32)cc1.[HH].[HH]. The summed E-state index contributed by atoms with van der Waals surface area (Å²) in [6.45, 7) is 1.67. The number of fused-ring (bicyclic) bond motifs is 1. The lowest BCUT2D eigenvalue weighted by Gasteiger charge is -2.16. The maximum absolute atomic E-state index is 13.8. The fourth-order valence-electron chi connectivity index (χ4n) is 2.79. The van der Waals surface area contributed by atoms with Crippen LogP contribution < -0.4 is 10.0 Å². The average molecular weight is 423 g/mol. The first-order valence-corrected chi connectivity index (χ1v) is 9.98. The Kier molecular flexibility index (Phi) is 5.55. The molecule has 0 saturated carbocycles. The number of ether oxygens (including phenoxy) is 1. The van der Waals surface area contributed by atoms with Gasteiger partial charge in [0.05, 0.1) is 17.5 Å². The number of hydrogen-bond acceptors (Lipinski definition) is 5. The summed E-state index contributed by atoms with van der Waals surface area (Å²) in [7, 11) is -3.03. The summed E-state index contributed by atoms with van der Waals surface area (Å²) in [6.07, 6.45) is 0.526. The van der Waals surface area contributed by atoms with Crippen molar-refractivity contribution < 1.29 is 30.0 Å². The van der Waals surface area contributed by atoms with Crippen LogP contribution in [0.5, 0.6) is 0 Å². The Morgan fingerprint density at radius 1 is 1.14 bits per heavy atom. The van der Waals surface area contributed by atoms with Crippen molar-refractivity contribution in [2.24, 2.45) is 0 Å². The third kappa shape index (κ3) is 4.21. The zero-order chi connectivity index (χ0) is 21.2. The van der Waals surface area contributed by atoms with Gasteiger partial charge in [-0.2, -0.15) is 0 Å². The standard InChI is InChI=1S/C19H18FN3O5S.2H2/c1-12(23-11-10-15-16(20)4-3-5-17(15)23)18(24)21-13-6-8-14(9-7-13)29(26,27)22-19(25)28-2;;/h3-12H,1-2H3,(H,21,24)(H,22,25);2*1H. The first-order valence-electron chi connectivity index (χ1n) is 8.49. The van der Waals surface area contributed by atoms with Crippen LogP contribution in [-0.4, -0.2) is 32.1 Å². The topological polar surface area (TPSA) is 106 Å². The molecule has 0 aliphatic rings. The molecule has 2 N–H and O–H groups in total. The number of aromatic nitrogens is 1. The quantitative estimate of drug-likeness (QED) is 0.653. The maximum atomic E-state index is 13.8. The minimum atomic E-state index is -4.07. The summed E-state index contributed by atoms with van der Waals surface area (Å²) in [5.74, 6) is -0.735. The van der Waals surface area contributed by atoms with Crippen molar-refractivity contribution in [2.45, 2.75) is 17.9 Å². The lowest BCUT2D eigenvalue weighted by molar-refractivity contribution is -0.118. The number of sulfonamides is 1. The molecule has 2 amide bonds. The number of rotatable bonds is 5. The van der Waals surface area contributed by atoms with Crippen LogP contribution in [0.15, 0.2) is 59.6 Å². The highest BCUT2D eigenvalue weighted by Crippen LogP contribution is 2.23. The number of amides is 2. The van der Waals surface area contributed by atoms with Gasteiger partial charge in [-0.3, -0.25) is 4.79 Å².